The molecule has 0 aromatic heterocycles. The molecule has 3 aliphatic carbocycles. The third kappa shape index (κ3) is 2.46. The standard InChI is InChI=1S/C29H36O9/c1-6-34-21-16(5)28-18-12-15(4)20(31)26(18,33)24(32)25(13-30)22(35-25)19(28)23-27(21,14(2)3)37-29(36-23,38-28)17-10-8-7-9-11-17/h7-11,15-16,18-19,21-24,30,32-33H,2,6,12-13H2,1,3-5H3/t15-,16+,18?,19?,21+,22-,23?,24+,25-,26+,27-,28?,29+/m0/s1. The molecule has 1 aromatic carbocycles. The van der Waals surface area contributed by atoms with Crippen molar-refractivity contribution in [3.63, 3.8) is 0 Å². The number of Topliss-reactive ketones (excluding diaryl/α,β-unsaturated/α-hetero) is 1. The van der Waals surface area contributed by atoms with E-state index in [2.05, 4.69) is 6.58 Å². The van der Waals surface area contributed by atoms with Gasteiger partial charge in [-0.1, -0.05) is 50.8 Å². The van der Waals surface area contributed by atoms with Crippen molar-refractivity contribution in [1.29, 1.82) is 0 Å². The van der Waals surface area contributed by atoms with E-state index < -0.39 is 88.9 Å². The zero-order valence-corrected chi connectivity index (χ0v) is 22.1. The summed E-state index contributed by atoms with van der Waals surface area (Å²) < 4.78 is 33.4. The minimum atomic E-state index is -2.20. The number of aliphatic hydroxyl groups is 3. The number of carbonyl (C=O) groups excluding carboxylic acids is 1. The largest absolute Gasteiger partial charge is 0.393 e. The first kappa shape index (κ1) is 25.3. The molecule has 0 spiro atoms. The van der Waals surface area contributed by atoms with Crippen molar-refractivity contribution in [3.05, 3.63) is 48.0 Å². The molecule has 206 valence electrons. The smallest absolute Gasteiger partial charge is 0.313 e. The van der Waals surface area contributed by atoms with Crippen molar-refractivity contribution in [1.82, 2.24) is 0 Å². The lowest BCUT2D eigenvalue weighted by molar-refractivity contribution is -0.443. The van der Waals surface area contributed by atoms with E-state index in [-0.39, 0.29) is 6.42 Å². The number of ether oxygens (including phenoxy) is 5. The van der Waals surface area contributed by atoms with Crippen molar-refractivity contribution in [2.24, 2.45) is 23.7 Å². The number of carbonyl (C=O) groups is 1. The van der Waals surface area contributed by atoms with Gasteiger partial charge in [0.15, 0.2) is 11.4 Å². The molecule has 9 nitrogen and oxygen atoms in total. The number of rotatable bonds is 5. The second-order valence-corrected chi connectivity index (χ2v) is 12.2. The quantitative estimate of drug-likeness (QED) is 0.384. The molecule has 6 aliphatic rings. The van der Waals surface area contributed by atoms with E-state index in [0.29, 0.717) is 17.7 Å². The van der Waals surface area contributed by atoms with Crippen molar-refractivity contribution in [3.8, 4) is 0 Å². The molecule has 6 fully saturated rings. The third-order valence-corrected chi connectivity index (χ3v) is 10.6. The van der Waals surface area contributed by atoms with E-state index in [0.717, 1.165) is 0 Å². The van der Waals surface area contributed by atoms with Gasteiger partial charge in [0.1, 0.15) is 29.5 Å². The normalized spacial score (nSPS) is 55.7. The van der Waals surface area contributed by atoms with Gasteiger partial charge in [-0.25, -0.2) is 0 Å². The Kier molecular flexibility index (Phi) is 5.01. The number of fused-ring (bicyclic) bond motifs is 3. The van der Waals surface area contributed by atoms with E-state index in [4.69, 9.17) is 23.7 Å². The second kappa shape index (κ2) is 7.53. The van der Waals surface area contributed by atoms with Crippen LogP contribution in [0, 0.1) is 23.7 Å². The van der Waals surface area contributed by atoms with E-state index in [9.17, 15) is 20.1 Å². The lowest BCUT2D eigenvalue weighted by Gasteiger charge is -2.62. The Morgan fingerprint density at radius 2 is 1.87 bits per heavy atom. The maximum atomic E-state index is 13.7. The number of aliphatic hydroxyl groups excluding tert-OH is 2. The highest BCUT2D eigenvalue weighted by Crippen LogP contribution is 2.74. The van der Waals surface area contributed by atoms with E-state index in [1.807, 2.05) is 51.1 Å². The summed E-state index contributed by atoms with van der Waals surface area (Å²) in [6, 6.07) is 9.33. The summed E-state index contributed by atoms with van der Waals surface area (Å²) in [5, 5.41) is 34.5. The predicted molar refractivity (Wildman–Crippen MR) is 131 cm³/mol. The van der Waals surface area contributed by atoms with Crippen LogP contribution in [-0.2, 0) is 34.5 Å². The Bertz CT molecular complexity index is 1210. The van der Waals surface area contributed by atoms with Gasteiger partial charge in [0.2, 0.25) is 0 Å². The van der Waals surface area contributed by atoms with E-state index in [1.54, 1.807) is 6.92 Å². The Balaban J connectivity index is 1.55. The van der Waals surface area contributed by atoms with Gasteiger partial charge in [0, 0.05) is 35.8 Å². The molecule has 3 aliphatic heterocycles. The third-order valence-electron chi connectivity index (χ3n) is 10.6. The van der Waals surface area contributed by atoms with Crippen LogP contribution in [0.15, 0.2) is 42.5 Å². The highest BCUT2D eigenvalue weighted by Gasteiger charge is 2.90. The molecule has 9 heteroatoms. The van der Waals surface area contributed by atoms with Gasteiger partial charge in [0.25, 0.3) is 0 Å². The van der Waals surface area contributed by atoms with Crippen LogP contribution in [0.5, 0.6) is 0 Å². The molecule has 4 unspecified atom stereocenters. The molecule has 3 heterocycles. The van der Waals surface area contributed by atoms with Gasteiger partial charge in [-0.05, 0) is 25.8 Å². The Hall–Kier alpha value is -1.69. The summed E-state index contributed by atoms with van der Waals surface area (Å²) in [5.74, 6) is -4.53. The number of hydrogen-bond acceptors (Lipinski definition) is 9. The summed E-state index contributed by atoms with van der Waals surface area (Å²) >= 11 is 0. The maximum Gasteiger partial charge on any atom is 0.313 e. The fourth-order valence-corrected chi connectivity index (χ4v) is 9.02. The summed E-state index contributed by atoms with van der Waals surface area (Å²) in [6.07, 6.45) is -3.39. The lowest BCUT2D eigenvalue weighted by atomic mass is 9.52. The van der Waals surface area contributed by atoms with Gasteiger partial charge in [-0.2, -0.15) is 0 Å². The highest BCUT2D eigenvalue weighted by atomic mass is 16.9. The number of benzene rings is 1. The summed E-state index contributed by atoms with van der Waals surface area (Å²) in [5.41, 5.74) is -4.82. The highest BCUT2D eigenvalue weighted by molar-refractivity contribution is 5.93. The van der Waals surface area contributed by atoms with Crippen LogP contribution < -0.4 is 0 Å². The van der Waals surface area contributed by atoms with Crippen molar-refractivity contribution in [2.45, 2.75) is 86.9 Å². The minimum absolute atomic E-state index is 0.290. The van der Waals surface area contributed by atoms with Gasteiger partial charge in [-0.3, -0.25) is 4.79 Å². The van der Waals surface area contributed by atoms with E-state index in [1.165, 1.54) is 0 Å². The predicted octanol–water partition coefficient (Wildman–Crippen LogP) is 1.43. The number of ketones is 1. The van der Waals surface area contributed by atoms with E-state index >= 15 is 0 Å². The van der Waals surface area contributed by atoms with Crippen LogP contribution in [0.2, 0.25) is 0 Å². The van der Waals surface area contributed by atoms with Gasteiger partial charge >= 0.3 is 5.97 Å². The number of epoxide rings is 1. The molecular formula is C29H36O9. The molecule has 38 heavy (non-hydrogen) atoms. The first-order valence-electron chi connectivity index (χ1n) is 13.7. The summed E-state index contributed by atoms with van der Waals surface area (Å²) in [7, 11) is 0. The lowest BCUT2D eigenvalue weighted by Crippen LogP contribution is -2.76. The maximum absolute atomic E-state index is 13.7. The Labute approximate surface area is 221 Å². The molecule has 3 saturated carbocycles. The number of hydrogen-bond donors (Lipinski definition) is 3. The molecule has 0 radical (unpaired) electrons. The molecule has 3 N–H and O–H groups in total. The molecule has 7 rings (SSSR count). The van der Waals surface area contributed by atoms with Crippen LogP contribution in [-0.4, -0.2) is 81.1 Å². The zero-order valence-electron chi connectivity index (χ0n) is 22.1. The molecule has 3 bridgehead atoms. The SMILES string of the molecule is C=C(C)[C@@]12O[C@@]3(c4ccccc4)OC1C1[C@@H]4O[C@]4(CO)[C@@H](O)[C@]4(O)C(=O)[C@@H](C)CC4C1(O3)[C@H](C)[C@H]2OCC. The fourth-order valence-electron chi connectivity index (χ4n) is 9.02. The molecular weight excluding hydrogens is 492 g/mol. The topological polar surface area (TPSA) is 127 Å². The monoisotopic (exact) mass is 528 g/mol. The summed E-state index contributed by atoms with van der Waals surface area (Å²) in [6.45, 7) is 11.7. The molecule has 13 atom stereocenters. The van der Waals surface area contributed by atoms with Gasteiger partial charge in [-0.15, -0.1) is 0 Å². The molecule has 0 amide bonds. The molecule has 3 saturated heterocycles. The van der Waals surface area contributed by atoms with Crippen molar-refractivity contribution < 1.29 is 43.8 Å². The van der Waals surface area contributed by atoms with Crippen molar-refractivity contribution in [2.75, 3.05) is 13.2 Å². The fraction of sp³-hybridized carbons (Fsp3) is 0.690. The van der Waals surface area contributed by atoms with Gasteiger partial charge < -0.3 is 39.0 Å². The van der Waals surface area contributed by atoms with Crippen LogP contribution in [0.25, 0.3) is 0 Å². The van der Waals surface area contributed by atoms with Crippen LogP contribution >= 0.6 is 0 Å². The van der Waals surface area contributed by atoms with Crippen LogP contribution in [0.3, 0.4) is 0 Å². The van der Waals surface area contributed by atoms with Crippen LogP contribution in [0.4, 0.5) is 0 Å². The van der Waals surface area contributed by atoms with Crippen LogP contribution in [0.1, 0.15) is 39.7 Å². The molecule has 1 aromatic rings. The Morgan fingerprint density at radius 3 is 2.50 bits per heavy atom. The first-order valence-corrected chi connectivity index (χ1v) is 13.7. The average molecular weight is 529 g/mol. The zero-order chi connectivity index (χ0) is 27.0. The Morgan fingerprint density at radius 1 is 1.16 bits per heavy atom. The minimum Gasteiger partial charge on any atom is -0.393 e. The van der Waals surface area contributed by atoms with Crippen molar-refractivity contribution >= 4 is 5.78 Å². The average Bonchev–Trinajstić information content (AvgIpc) is 3.53. The first-order chi connectivity index (χ1) is 18.0. The second-order valence-electron chi connectivity index (χ2n) is 12.2. The summed E-state index contributed by atoms with van der Waals surface area (Å²) in [4.78, 5) is 13.7. The van der Waals surface area contributed by atoms with Gasteiger partial charge in [0.05, 0.1) is 18.3 Å².